The number of ether oxygens (including phenoxy) is 3. The number of fused-ring (bicyclic) bond motifs is 1. The maximum Gasteiger partial charge on any atom is 0.328 e. The molecule has 0 spiro atoms. The Bertz CT molecular complexity index is 1170. The lowest BCUT2D eigenvalue weighted by atomic mass is 10.1. The number of aromatic amines is 1. The molecule has 12 nitrogen and oxygen atoms in total. The highest BCUT2D eigenvalue weighted by Gasteiger charge is 2.16. The number of H-pyrrole nitrogens is 1. The van der Waals surface area contributed by atoms with Crippen molar-refractivity contribution in [3.8, 4) is 6.01 Å². The van der Waals surface area contributed by atoms with E-state index in [0.717, 1.165) is 38.4 Å². The predicted octanol–water partition coefficient (Wildman–Crippen LogP) is -0.163. The minimum Gasteiger partial charge on any atom is -0.461 e. The number of nitrogens with two attached hydrogens (primary N) is 1. The molecule has 4 N–H and O–H groups in total. The van der Waals surface area contributed by atoms with Gasteiger partial charge >= 0.3 is 11.7 Å². The van der Waals surface area contributed by atoms with Crippen molar-refractivity contribution in [1.82, 2.24) is 29.7 Å². The van der Waals surface area contributed by atoms with Gasteiger partial charge in [0.1, 0.15) is 12.1 Å². The number of nitrogens with zero attached hydrogens (tertiary/aromatic N) is 4. The summed E-state index contributed by atoms with van der Waals surface area (Å²) >= 11 is 0. The van der Waals surface area contributed by atoms with Gasteiger partial charge in [0, 0.05) is 38.9 Å². The maximum absolute atomic E-state index is 12.5. The van der Waals surface area contributed by atoms with Crippen molar-refractivity contribution in [2.45, 2.75) is 6.54 Å². The fourth-order valence-electron chi connectivity index (χ4n) is 3.66. The highest BCUT2D eigenvalue weighted by molar-refractivity contribution is 5.94. The smallest absolute Gasteiger partial charge is 0.328 e. The molecule has 1 amide bonds. The first kappa shape index (κ1) is 23.7. The quantitative estimate of drug-likeness (QED) is 0.343. The number of nitrogen functional groups attached to an aromatic ring is 1. The Morgan fingerprint density at radius 1 is 1.21 bits per heavy atom. The van der Waals surface area contributed by atoms with Gasteiger partial charge in [-0.15, -0.1) is 0 Å². The zero-order valence-electron chi connectivity index (χ0n) is 19.1. The second kappa shape index (κ2) is 11.1. The Balaban J connectivity index is 1.41. The van der Waals surface area contributed by atoms with Crippen LogP contribution in [0.1, 0.15) is 15.9 Å². The maximum atomic E-state index is 12.5. The van der Waals surface area contributed by atoms with Crippen molar-refractivity contribution >= 4 is 22.9 Å². The number of imidazole rings is 1. The Hall–Kier alpha value is -3.48. The van der Waals surface area contributed by atoms with Crippen LogP contribution in [0.25, 0.3) is 11.2 Å². The van der Waals surface area contributed by atoms with Crippen molar-refractivity contribution in [2.75, 3.05) is 65.5 Å². The Kier molecular flexibility index (Phi) is 7.72. The molecule has 0 bridgehead atoms. The zero-order valence-corrected chi connectivity index (χ0v) is 19.1. The van der Waals surface area contributed by atoms with Crippen LogP contribution in [0.5, 0.6) is 6.01 Å². The van der Waals surface area contributed by atoms with Crippen LogP contribution in [0.2, 0.25) is 0 Å². The number of aromatic nitrogens is 4. The van der Waals surface area contributed by atoms with Gasteiger partial charge in [-0.25, -0.2) is 4.79 Å². The first-order valence-electron chi connectivity index (χ1n) is 11.1. The van der Waals surface area contributed by atoms with Crippen LogP contribution in [-0.4, -0.2) is 90.0 Å². The third-order valence-electron chi connectivity index (χ3n) is 5.52. The SMILES string of the molecule is COCCOc1nc(N)c2[nH]c(=O)n(Cc3ccc(C(=O)NCCN4CCOCC4)cc3)c2n1. The summed E-state index contributed by atoms with van der Waals surface area (Å²) in [6.07, 6.45) is 0. The van der Waals surface area contributed by atoms with Crippen molar-refractivity contribution < 1.29 is 19.0 Å². The lowest BCUT2D eigenvalue weighted by Gasteiger charge is -2.26. The van der Waals surface area contributed by atoms with E-state index in [1.807, 2.05) is 12.1 Å². The molecule has 0 radical (unpaired) electrons. The van der Waals surface area contributed by atoms with Gasteiger partial charge in [0.25, 0.3) is 5.91 Å². The molecule has 0 aliphatic carbocycles. The molecule has 1 aliphatic heterocycles. The topological polar surface area (TPSA) is 150 Å². The Morgan fingerprint density at radius 3 is 2.71 bits per heavy atom. The van der Waals surface area contributed by atoms with Crippen molar-refractivity contribution in [3.05, 3.63) is 45.9 Å². The van der Waals surface area contributed by atoms with E-state index in [0.29, 0.717) is 29.9 Å². The minimum absolute atomic E-state index is 0.0684. The summed E-state index contributed by atoms with van der Waals surface area (Å²) in [5.74, 6) is -0.0141. The van der Waals surface area contributed by atoms with E-state index in [1.165, 1.54) is 4.57 Å². The number of hydrogen-bond donors (Lipinski definition) is 3. The molecule has 12 heteroatoms. The molecule has 34 heavy (non-hydrogen) atoms. The number of morpholine rings is 1. The molecular formula is C22H29N7O5. The van der Waals surface area contributed by atoms with Gasteiger partial charge < -0.3 is 30.2 Å². The van der Waals surface area contributed by atoms with Crippen LogP contribution in [0.4, 0.5) is 5.82 Å². The second-order valence-electron chi connectivity index (χ2n) is 7.85. The lowest BCUT2D eigenvalue weighted by molar-refractivity contribution is 0.0383. The predicted molar refractivity (Wildman–Crippen MR) is 125 cm³/mol. The Labute approximate surface area is 196 Å². The summed E-state index contributed by atoms with van der Waals surface area (Å²) in [7, 11) is 1.56. The first-order chi connectivity index (χ1) is 16.5. The average Bonchev–Trinajstić information content (AvgIpc) is 3.16. The summed E-state index contributed by atoms with van der Waals surface area (Å²) in [4.78, 5) is 38.3. The van der Waals surface area contributed by atoms with E-state index in [4.69, 9.17) is 19.9 Å². The van der Waals surface area contributed by atoms with Crippen molar-refractivity contribution in [2.24, 2.45) is 0 Å². The van der Waals surface area contributed by atoms with Gasteiger partial charge in [0.15, 0.2) is 11.5 Å². The number of methoxy groups -OCH3 is 1. The molecular weight excluding hydrogens is 442 g/mol. The number of carbonyl (C=O) groups excluding carboxylic acids is 1. The van der Waals surface area contributed by atoms with Gasteiger partial charge in [0.05, 0.1) is 26.4 Å². The summed E-state index contributed by atoms with van der Waals surface area (Å²) < 4.78 is 17.2. The third kappa shape index (κ3) is 5.71. The van der Waals surface area contributed by atoms with E-state index >= 15 is 0 Å². The third-order valence-corrected chi connectivity index (χ3v) is 5.52. The fraction of sp³-hybridized carbons (Fsp3) is 0.455. The van der Waals surface area contributed by atoms with E-state index in [9.17, 15) is 9.59 Å². The van der Waals surface area contributed by atoms with Crippen molar-refractivity contribution in [3.63, 3.8) is 0 Å². The first-order valence-corrected chi connectivity index (χ1v) is 11.1. The van der Waals surface area contributed by atoms with E-state index in [-0.39, 0.29) is 36.6 Å². The number of hydrogen-bond acceptors (Lipinski definition) is 9. The van der Waals surface area contributed by atoms with Gasteiger partial charge in [-0.1, -0.05) is 12.1 Å². The summed E-state index contributed by atoms with van der Waals surface area (Å²) in [6, 6.07) is 7.16. The van der Waals surface area contributed by atoms with Crippen LogP contribution in [0.15, 0.2) is 29.1 Å². The summed E-state index contributed by atoms with van der Waals surface area (Å²) in [5, 5.41) is 2.94. The number of nitrogens with one attached hydrogen (secondary N) is 2. The van der Waals surface area contributed by atoms with Gasteiger partial charge in [0.2, 0.25) is 0 Å². The molecule has 0 saturated carbocycles. The average molecular weight is 472 g/mol. The lowest BCUT2D eigenvalue weighted by Crippen LogP contribution is -2.41. The standard InChI is InChI=1S/C22H29N7O5/c1-32-12-13-34-21-26-18(23)17-19(27-21)29(22(31)25-17)14-15-2-4-16(5-3-15)20(30)24-6-7-28-8-10-33-11-9-28/h2-5H,6-14H2,1H3,(H,24,30)(H,25,31)(H2,23,26,27). The molecule has 1 saturated heterocycles. The summed E-state index contributed by atoms with van der Waals surface area (Å²) in [5.41, 5.74) is 7.68. The molecule has 182 valence electrons. The molecule has 3 heterocycles. The van der Waals surface area contributed by atoms with Gasteiger partial charge in [-0.05, 0) is 17.7 Å². The monoisotopic (exact) mass is 471 g/mol. The highest BCUT2D eigenvalue weighted by atomic mass is 16.5. The molecule has 0 atom stereocenters. The van der Waals surface area contributed by atoms with Crippen LogP contribution >= 0.6 is 0 Å². The highest BCUT2D eigenvalue weighted by Crippen LogP contribution is 2.18. The second-order valence-corrected chi connectivity index (χ2v) is 7.85. The van der Waals surface area contributed by atoms with Crippen LogP contribution in [0.3, 0.4) is 0 Å². The largest absolute Gasteiger partial charge is 0.461 e. The van der Waals surface area contributed by atoms with E-state index in [2.05, 4.69) is 25.2 Å². The Morgan fingerprint density at radius 2 is 1.97 bits per heavy atom. The molecule has 3 aromatic rings. The van der Waals surface area contributed by atoms with E-state index < -0.39 is 0 Å². The zero-order chi connectivity index (χ0) is 23.9. The molecule has 1 fully saturated rings. The minimum atomic E-state index is -0.366. The number of carbonyl (C=O) groups is 1. The normalized spacial score (nSPS) is 14.4. The molecule has 1 aliphatic rings. The number of benzene rings is 1. The fourth-order valence-corrected chi connectivity index (χ4v) is 3.66. The number of anilines is 1. The van der Waals surface area contributed by atoms with Crippen LogP contribution in [-0.2, 0) is 16.0 Å². The van der Waals surface area contributed by atoms with Crippen molar-refractivity contribution in [1.29, 1.82) is 0 Å². The van der Waals surface area contributed by atoms with Gasteiger partial charge in [-0.3, -0.25) is 14.3 Å². The molecule has 4 rings (SSSR count). The van der Waals surface area contributed by atoms with Gasteiger partial charge in [-0.2, -0.15) is 9.97 Å². The summed E-state index contributed by atoms with van der Waals surface area (Å²) in [6.45, 7) is 5.46. The molecule has 1 aromatic carbocycles. The van der Waals surface area contributed by atoms with Crippen LogP contribution < -0.4 is 21.5 Å². The number of rotatable bonds is 10. The molecule has 0 unspecified atom stereocenters. The van der Waals surface area contributed by atoms with Crippen LogP contribution in [0, 0.1) is 0 Å². The van der Waals surface area contributed by atoms with E-state index in [1.54, 1.807) is 19.2 Å². The number of amides is 1. The molecule has 2 aromatic heterocycles.